The first-order valence-corrected chi connectivity index (χ1v) is 5.17. The van der Waals surface area contributed by atoms with Crippen molar-refractivity contribution in [3.05, 3.63) is 30.3 Å². The van der Waals surface area contributed by atoms with Crippen LogP contribution in [0.25, 0.3) is 0 Å². The molecule has 0 aliphatic carbocycles. The Hall–Kier alpha value is -0.670. The summed E-state index contributed by atoms with van der Waals surface area (Å²) in [5.74, 6) is 0.894. The van der Waals surface area contributed by atoms with Crippen LogP contribution in [0.4, 0.5) is 5.69 Å². The van der Waals surface area contributed by atoms with Gasteiger partial charge >= 0.3 is 0 Å². The van der Waals surface area contributed by atoms with Gasteiger partial charge in [0.15, 0.2) is 0 Å². The van der Waals surface area contributed by atoms with Crippen molar-refractivity contribution in [3.8, 4) is 0 Å². The van der Waals surface area contributed by atoms with Crippen molar-refractivity contribution in [3.63, 3.8) is 0 Å². The monoisotopic (exact) mass is 196 g/mol. The highest BCUT2D eigenvalue weighted by Gasteiger charge is 1.88. The molecule has 0 saturated carbocycles. The molecule has 1 rings (SSSR count). The average molecular weight is 196 g/mol. The Kier molecular flexibility index (Phi) is 5.45. The maximum atomic E-state index is 4.11. The van der Waals surface area contributed by atoms with Gasteiger partial charge < -0.3 is 10.6 Å². The summed E-state index contributed by atoms with van der Waals surface area (Å²) in [5, 5.41) is 6.58. The van der Waals surface area contributed by atoms with Gasteiger partial charge in [-0.25, -0.2) is 0 Å². The van der Waals surface area contributed by atoms with Gasteiger partial charge in [-0.3, -0.25) is 0 Å². The molecule has 0 atom stereocenters. The van der Waals surface area contributed by atoms with E-state index in [1.807, 2.05) is 18.2 Å². The smallest absolute Gasteiger partial charge is 0.0340 e. The molecule has 0 heterocycles. The third-order valence-corrected chi connectivity index (χ3v) is 1.92. The van der Waals surface area contributed by atoms with Crippen molar-refractivity contribution >= 4 is 18.3 Å². The topological polar surface area (TPSA) is 24.1 Å². The van der Waals surface area contributed by atoms with Crippen molar-refractivity contribution in [2.45, 2.75) is 0 Å². The third kappa shape index (κ3) is 4.80. The Morgan fingerprint density at radius 3 is 2.46 bits per heavy atom. The molecular formula is C10H16N2S. The van der Waals surface area contributed by atoms with Crippen LogP contribution >= 0.6 is 12.6 Å². The summed E-state index contributed by atoms with van der Waals surface area (Å²) in [6.07, 6.45) is 0. The van der Waals surface area contributed by atoms with E-state index in [4.69, 9.17) is 0 Å². The van der Waals surface area contributed by atoms with Gasteiger partial charge in [-0.15, -0.1) is 0 Å². The summed E-state index contributed by atoms with van der Waals surface area (Å²) >= 11 is 4.11. The second kappa shape index (κ2) is 6.80. The van der Waals surface area contributed by atoms with E-state index in [0.29, 0.717) is 0 Å². The zero-order chi connectivity index (χ0) is 9.36. The fraction of sp³-hybridized carbons (Fsp3) is 0.400. The SMILES string of the molecule is SCCNCCNc1ccccc1. The number of hydrogen-bond acceptors (Lipinski definition) is 3. The molecule has 0 spiro atoms. The Bertz CT molecular complexity index is 213. The Morgan fingerprint density at radius 1 is 1.00 bits per heavy atom. The number of para-hydroxylation sites is 1. The first kappa shape index (κ1) is 10.4. The highest BCUT2D eigenvalue weighted by molar-refractivity contribution is 7.80. The minimum absolute atomic E-state index is 0.894. The van der Waals surface area contributed by atoms with E-state index in [0.717, 1.165) is 25.4 Å². The maximum Gasteiger partial charge on any atom is 0.0340 e. The highest BCUT2D eigenvalue weighted by atomic mass is 32.1. The number of anilines is 1. The summed E-state index contributed by atoms with van der Waals surface area (Å²) < 4.78 is 0. The fourth-order valence-corrected chi connectivity index (χ4v) is 1.21. The number of thiol groups is 1. The van der Waals surface area contributed by atoms with Crippen LogP contribution in [0.3, 0.4) is 0 Å². The van der Waals surface area contributed by atoms with Crippen LogP contribution < -0.4 is 10.6 Å². The first-order valence-electron chi connectivity index (χ1n) is 4.54. The van der Waals surface area contributed by atoms with E-state index in [1.165, 1.54) is 5.69 Å². The molecule has 0 radical (unpaired) electrons. The molecule has 2 nitrogen and oxygen atoms in total. The van der Waals surface area contributed by atoms with E-state index in [2.05, 4.69) is 35.4 Å². The van der Waals surface area contributed by atoms with Crippen molar-refractivity contribution in [1.82, 2.24) is 5.32 Å². The number of hydrogen-bond donors (Lipinski definition) is 3. The molecule has 0 aliphatic heterocycles. The zero-order valence-corrected chi connectivity index (χ0v) is 8.56. The predicted molar refractivity (Wildman–Crippen MR) is 61.7 cm³/mol. The quantitative estimate of drug-likeness (QED) is 0.476. The molecule has 3 heteroatoms. The molecule has 0 saturated heterocycles. The molecule has 1 aromatic rings. The predicted octanol–water partition coefficient (Wildman–Crippen LogP) is 1.62. The first-order chi connectivity index (χ1) is 6.43. The summed E-state index contributed by atoms with van der Waals surface area (Å²) in [4.78, 5) is 0. The molecule has 2 N–H and O–H groups in total. The van der Waals surface area contributed by atoms with Crippen LogP contribution in [0.1, 0.15) is 0 Å². The third-order valence-electron chi connectivity index (χ3n) is 1.69. The van der Waals surface area contributed by atoms with Gasteiger partial charge in [0.2, 0.25) is 0 Å². The molecule has 0 amide bonds. The number of benzene rings is 1. The van der Waals surface area contributed by atoms with Crippen molar-refractivity contribution in [2.24, 2.45) is 0 Å². The van der Waals surface area contributed by atoms with Gasteiger partial charge in [-0.05, 0) is 12.1 Å². The maximum absolute atomic E-state index is 4.11. The van der Waals surface area contributed by atoms with Crippen LogP contribution in [-0.4, -0.2) is 25.4 Å². The van der Waals surface area contributed by atoms with Gasteiger partial charge in [0.25, 0.3) is 0 Å². The Balaban J connectivity index is 2.07. The van der Waals surface area contributed by atoms with E-state index in [1.54, 1.807) is 0 Å². The molecular weight excluding hydrogens is 180 g/mol. The van der Waals surface area contributed by atoms with Crippen molar-refractivity contribution in [1.29, 1.82) is 0 Å². The lowest BCUT2D eigenvalue weighted by Crippen LogP contribution is -2.23. The van der Waals surface area contributed by atoms with Crippen LogP contribution in [0.5, 0.6) is 0 Å². The van der Waals surface area contributed by atoms with Gasteiger partial charge in [0.05, 0.1) is 0 Å². The van der Waals surface area contributed by atoms with Gasteiger partial charge in [0.1, 0.15) is 0 Å². The lowest BCUT2D eigenvalue weighted by Gasteiger charge is -2.06. The average Bonchev–Trinajstić information content (AvgIpc) is 2.19. The molecule has 0 fully saturated rings. The van der Waals surface area contributed by atoms with Gasteiger partial charge in [-0.1, -0.05) is 18.2 Å². The van der Waals surface area contributed by atoms with Gasteiger partial charge in [-0.2, -0.15) is 12.6 Å². The van der Waals surface area contributed by atoms with E-state index >= 15 is 0 Å². The van der Waals surface area contributed by atoms with Crippen molar-refractivity contribution in [2.75, 3.05) is 30.7 Å². The zero-order valence-electron chi connectivity index (χ0n) is 7.66. The lowest BCUT2D eigenvalue weighted by molar-refractivity contribution is 0.745. The Labute approximate surface area is 85.1 Å². The summed E-state index contributed by atoms with van der Waals surface area (Å²) in [6.45, 7) is 2.91. The van der Waals surface area contributed by atoms with E-state index < -0.39 is 0 Å². The number of nitrogens with one attached hydrogen (secondary N) is 2. The standard InChI is InChI=1S/C10H16N2S/c13-9-8-11-6-7-12-10-4-2-1-3-5-10/h1-5,11-13H,6-9H2. The Morgan fingerprint density at radius 2 is 1.77 bits per heavy atom. The number of rotatable bonds is 6. The molecule has 0 aromatic heterocycles. The molecule has 0 aliphatic rings. The molecule has 0 bridgehead atoms. The summed E-state index contributed by atoms with van der Waals surface area (Å²) in [7, 11) is 0. The minimum atomic E-state index is 0.894. The fourth-order valence-electron chi connectivity index (χ4n) is 1.06. The summed E-state index contributed by atoms with van der Waals surface area (Å²) in [5.41, 5.74) is 1.18. The van der Waals surface area contributed by atoms with Crippen LogP contribution in [0.15, 0.2) is 30.3 Å². The van der Waals surface area contributed by atoms with E-state index in [-0.39, 0.29) is 0 Å². The normalized spacial score (nSPS) is 9.92. The second-order valence-electron chi connectivity index (χ2n) is 2.77. The van der Waals surface area contributed by atoms with Crippen molar-refractivity contribution < 1.29 is 0 Å². The molecule has 72 valence electrons. The second-order valence-corrected chi connectivity index (χ2v) is 3.21. The van der Waals surface area contributed by atoms with Crippen LogP contribution in [0.2, 0.25) is 0 Å². The van der Waals surface area contributed by atoms with Gasteiger partial charge in [0, 0.05) is 31.1 Å². The van der Waals surface area contributed by atoms with Crippen LogP contribution in [-0.2, 0) is 0 Å². The summed E-state index contributed by atoms with van der Waals surface area (Å²) in [6, 6.07) is 10.2. The molecule has 0 unspecified atom stereocenters. The minimum Gasteiger partial charge on any atom is -0.384 e. The lowest BCUT2D eigenvalue weighted by atomic mass is 10.3. The molecule has 1 aromatic carbocycles. The van der Waals surface area contributed by atoms with Crippen LogP contribution in [0, 0.1) is 0 Å². The van der Waals surface area contributed by atoms with E-state index in [9.17, 15) is 0 Å². The highest BCUT2D eigenvalue weighted by Crippen LogP contribution is 2.03. The largest absolute Gasteiger partial charge is 0.384 e. The molecule has 13 heavy (non-hydrogen) atoms.